The molecule has 0 saturated heterocycles. The van der Waals surface area contributed by atoms with Crippen molar-refractivity contribution in [3.05, 3.63) is 0 Å². The van der Waals surface area contributed by atoms with Crippen molar-refractivity contribution in [2.24, 2.45) is 0 Å². The Hall–Kier alpha value is -0.480. The van der Waals surface area contributed by atoms with Crippen molar-refractivity contribution in [2.75, 3.05) is 6.61 Å². The van der Waals surface area contributed by atoms with Gasteiger partial charge in [0.15, 0.2) is 0 Å². The number of hydrogen-bond donors (Lipinski definition) is 6. The van der Waals surface area contributed by atoms with E-state index in [9.17, 15) is 25.2 Å². The van der Waals surface area contributed by atoms with Gasteiger partial charge in [-0.05, 0) is 0 Å². The van der Waals surface area contributed by atoms with Crippen LogP contribution in [0.15, 0.2) is 0 Å². The Balaban J connectivity index is 4.37. The molecular formula is C8H15ClO8. The number of aliphatic hydroxyl groups excluding tert-OH is 6. The molecule has 1 unspecified atom stereocenters. The standard InChI is InChI=1S/C8H15ClO8/c9-17-5(13)1-3(11)6(14)8(16)7(15)4(12)2-10/h3-4,6-8,10-12,14-16H,1-2H2/t3?,4-,6+,7-,8-/m1/s1. The molecule has 0 amide bonds. The molecule has 6 N–H and O–H groups in total. The van der Waals surface area contributed by atoms with Crippen LogP contribution in [0.1, 0.15) is 6.42 Å². The van der Waals surface area contributed by atoms with Crippen LogP contribution in [0.3, 0.4) is 0 Å². The fourth-order valence-electron chi connectivity index (χ4n) is 1.09. The second-order valence-electron chi connectivity index (χ2n) is 3.44. The Morgan fingerprint density at radius 2 is 1.47 bits per heavy atom. The normalized spacial score (nSPS) is 20.2. The van der Waals surface area contributed by atoms with Crippen molar-refractivity contribution in [1.82, 2.24) is 0 Å². The first-order valence-corrected chi connectivity index (χ1v) is 4.98. The number of halogens is 1. The summed E-state index contributed by atoms with van der Waals surface area (Å²) in [4.78, 5) is 10.7. The number of hydrogen-bond acceptors (Lipinski definition) is 8. The third-order valence-electron chi connectivity index (χ3n) is 2.14. The van der Waals surface area contributed by atoms with Gasteiger partial charge in [0.05, 0.1) is 19.1 Å². The van der Waals surface area contributed by atoms with E-state index in [2.05, 4.69) is 16.2 Å². The van der Waals surface area contributed by atoms with Crippen LogP contribution in [0.2, 0.25) is 0 Å². The van der Waals surface area contributed by atoms with Crippen molar-refractivity contribution in [2.45, 2.75) is 36.9 Å². The Bertz CT molecular complexity index is 238. The molecule has 0 aliphatic rings. The lowest BCUT2D eigenvalue weighted by atomic mass is 9.98. The molecule has 0 rings (SSSR count). The van der Waals surface area contributed by atoms with Crippen LogP contribution in [0.4, 0.5) is 0 Å². The minimum atomic E-state index is -1.95. The molecule has 0 radical (unpaired) electrons. The van der Waals surface area contributed by atoms with E-state index in [1.54, 1.807) is 0 Å². The second-order valence-corrected chi connectivity index (χ2v) is 3.60. The Labute approximate surface area is 102 Å². The maximum atomic E-state index is 10.7. The van der Waals surface area contributed by atoms with Gasteiger partial charge in [0.25, 0.3) is 0 Å². The summed E-state index contributed by atoms with van der Waals surface area (Å²) in [6.07, 6.45) is -9.87. The molecule has 8 nitrogen and oxygen atoms in total. The molecule has 17 heavy (non-hydrogen) atoms. The molecule has 5 atom stereocenters. The van der Waals surface area contributed by atoms with Crippen LogP contribution < -0.4 is 0 Å². The quantitative estimate of drug-likeness (QED) is 0.285. The average Bonchev–Trinajstić information content (AvgIpc) is 2.34. The highest BCUT2D eigenvalue weighted by atomic mass is 35.5. The van der Waals surface area contributed by atoms with Crippen molar-refractivity contribution in [1.29, 1.82) is 0 Å². The zero-order valence-electron chi connectivity index (χ0n) is 8.68. The largest absolute Gasteiger partial charge is 0.394 e. The van der Waals surface area contributed by atoms with E-state index >= 15 is 0 Å². The predicted octanol–water partition coefficient (Wildman–Crippen LogP) is -3.13. The van der Waals surface area contributed by atoms with Crippen LogP contribution in [0, 0.1) is 0 Å². The van der Waals surface area contributed by atoms with Gasteiger partial charge in [-0.3, -0.25) is 4.79 Å². The fourth-order valence-corrected chi connectivity index (χ4v) is 1.15. The van der Waals surface area contributed by atoms with E-state index in [1.165, 1.54) is 0 Å². The highest BCUT2D eigenvalue weighted by molar-refractivity contribution is 6.13. The number of carbonyl (C=O) groups excluding carboxylic acids is 1. The summed E-state index contributed by atoms with van der Waals surface area (Å²) in [6, 6.07) is 0. The van der Waals surface area contributed by atoms with Crippen LogP contribution in [0.25, 0.3) is 0 Å². The lowest BCUT2D eigenvalue weighted by Gasteiger charge is -2.27. The summed E-state index contributed by atoms with van der Waals surface area (Å²) < 4.78 is 3.71. The SMILES string of the molecule is O=C(CC(O)[C@H](O)[C@@H](O)[C@H](O)[C@H](O)CO)OCl. The van der Waals surface area contributed by atoms with E-state index in [1.807, 2.05) is 0 Å². The molecule has 102 valence electrons. The van der Waals surface area contributed by atoms with Gasteiger partial charge in [0, 0.05) is 0 Å². The number of aliphatic hydroxyl groups is 6. The van der Waals surface area contributed by atoms with Gasteiger partial charge in [0.1, 0.15) is 36.3 Å². The monoisotopic (exact) mass is 274 g/mol. The smallest absolute Gasteiger partial charge is 0.327 e. The third kappa shape index (κ3) is 5.13. The molecule has 0 heterocycles. The van der Waals surface area contributed by atoms with Crippen LogP contribution in [-0.2, 0) is 9.08 Å². The molecule has 9 heteroatoms. The van der Waals surface area contributed by atoms with Gasteiger partial charge in [0.2, 0.25) is 0 Å². The summed E-state index contributed by atoms with van der Waals surface area (Å²) in [6.45, 7) is -0.842. The van der Waals surface area contributed by atoms with Gasteiger partial charge < -0.3 is 34.9 Å². The van der Waals surface area contributed by atoms with Crippen LogP contribution >= 0.6 is 11.9 Å². The summed E-state index contributed by atoms with van der Waals surface area (Å²) in [5.41, 5.74) is 0. The van der Waals surface area contributed by atoms with E-state index in [0.717, 1.165) is 0 Å². The van der Waals surface area contributed by atoms with Gasteiger partial charge in [-0.1, -0.05) is 0 Å². The van der Waals surface area contributed by atoms with E-state index < -0.39 is 49.5 Å². The first-order chi connectivity index (χ1) is 7.84. The topological polar surface area (TPSA) is 148 Å². The molecule has 0 aromatic heterocycles. The summed E-state index contributed by atoms with van der Waals surface area (Å²) >= 11 is 4.69. The first-order valence-electron chi connectivity index (χ1n) is 4.67. The van der Waals surface area contributed by atoms with E-state index in [4.69, 9.17) is 10.2 Å². The van der Waals surface area contributed by atoms with Crippen molar-refractivity contribution >= 4 is 17.8 Å². The zero-order chi connectivity index (χ0) is 13.6. The molecule has 0 fully saturated rings. The predicted molar refractivity (Wildman–Crippen MR) is 53.7 cm³/mol. The van der Waals surface area contributed by atoms with Gasteiger partial charge in [-0.15, -0.1) is 0 Å². The summed E-state index contributed by atoms with van der Waals surface area (Å²) in [5.74, 6) is -1.04. The first kappa shape index (κ1) is 16.5. The van der Waals surface area contributed by atoms with Crippen LogP contribution in [-0.4, -0.2) is 73.7 Å². The Morgan fingerprint density at radius 1 is 1.00 bits per heavy atom. The maximum absolute atomic E-state index is 10.7. The molecule has 0 spiro atoms. The lowest BCUT2D eigenvalue weighted by molar-refractivity contribution is -0.152. The summed E-state index contributed by atoms with van der Waals surface area (Å²) in [5, 5.41) is 54.7. The zero-order valence-corrected chi connectivity index (χ0v) is 9.43. The minimum Gasteiger partial charge on any atom is -0.394 e. The van der Waals surface area contributed by atoms with Gasteiger partial charge >= 0.3 is 5.97 Å². The maximum Gasteiger partial charge on any atom is 0.327 e. The fraction of sp³-hybridized carbons (Fsp3) is 0.875. The molecule has 0 aliphatic carbocycles. The van der Waals surface area contributed by atoms with E-state index in [-0.39, 0.29) is 0 Å². The highest BCUT2D eigenvalue weighted by Gasteiger charge is 2.35. The number of rotatable bonds is 7. The average molecular weight is 275 g/mol. The second kappa shape index (κ2) is 7.77. The van der Waals surface area contributed by atoms with Crippen LogP contribution in [0.5, 0.6) is 0 Å². The van der Waals surface area contributed by atoms with E-state index in [0.29, 0.717) is 0 Å². The lowest BCUT2D eigenvalue weighted by Crippen LogP contribution is -2.50. The molecule has 0 aromatic rings. The Morgan fingerprint density at radius 3 is 1.88 bits per heavy atom. The molecular weight excluding hydrogens is 260 g/mol. The van der Waals surface area contributed by atoms with Crippen molar-refractivity contribution in [3.8, 4) is 0 Å². The highest BCUT2D eigenvalue weighted by Crippen LogP contribution is 2.11. The Kier molecular flexibility index (Phi) is 7.55. The van der Waals surface area contributed by atoms with Crippen molar-refractivity contribution in [3.63, 3.8) is 0 Å². The molecule has 0 aliphatic heterocycles. The molecule has 0 bridgehead atoms. The van der Waals surface area contributed by atoms with Gasteiger partial charge in [-0.2, -0.15) is 0 Å². The molecule has 0 aromatic carbocycles. The van der Waals surface area contributed by atoms with Gasteiger partial charge in [-0.25, -0.2) is 0 Å². The third-order valence-corrected chi connectivity index (χ3v) is 2.31. The minimum absolute atomic E-state index is 0.705. The number of carbonyl (C=O) groups is 1. The summed E-state index contributed by atoms with van der Waals surface area (Å²) in [7, 11) is 0. The van der Waals surface area contributed by atoms with Crippen molar-refractivity contribution < 1.29 is 39.7 Å². The molecule has 0 saturated carbocycles.